The Hall–Kier alpha value is -1.74. The summed E-state index contributed by atoms with van der Waals surface area (Å²) in [7, 11) is -3.31. The molecule has 140 valence electrons. The number of carbonyl (C=O) groups is 1. The first-order valence-electron chi connectivity index (χ1n) is 8.48. The third-order valence-electron chi connectivity index (χ3n) is 4.01. The van der Waals surface area contributed by atoms with Gasteiger partial charge in [0, 0.05) is 50.5 Å². The minimum Gasteiger partial charge on any atom is -0.356 e. The summed E-state index contributed by atoms with van der Waals surface area (Å²) < 4.78 is 26.4. The van der Waals surface area contributed by atoms with Crippen LogP contribution in [0.2, 0.25) is 0 Å². The Morgan fingerprint density at radius 1 is 1.16 bits per heavy atom. The molecule has 1 N–H and O–H groups in total. The highest BCUT2D eigenvalue weighted by atomic mass is 32.2. The summed E-state index contributed by atoms with van der Waals surface area (Å²) in [6.07, 6.45) is 3.76. The van der Waals surface area contributed by atoms with Crippen molar-refractivity contribution in [3.8, 4) is 0 Å². The van der Waals surface area contributed by atoms with Crippen molar-refractivity contribution in [3.05, 3.63) is 18.5 Å². The molecule has 0 aliphatic carbocycles. The first-order valence-corrected chi connectivity index (χ1v) is 10.1. The molecule has 0 saturated carbocycles. The fraction of sp³-hybridized carbons (Fsp3) is 0.688. The van der Waals surface area contributed by atoms with E-state index < -0.39 is 15.4 Å². The third kappa shape index (κ3) is 5.64. The van der Waals surface area contributed by atoms with E-state index in [0.29, 0.717) is 45.1 Å². The number of rotatable bonds is 6. The van der Waals surface area contributed by atoms with Crippen molar-refractivity contribution in [1.29, 1.82) is 0 Å². The van der Waals surface area contributed by atoms with Crippen LogP contribution in [0, 0.1) is 5.41 Å². The van der Waals surface area contributed by atoms with Gasteiger partial charge in [-0.2, -0.15) is 4.31 Å². The van der Waals surface area contributed by atoms with Crippen molar-refractivity contribution in [2.45, 2.75) is 27.2 Å². The molecule has 0 bridgehead atoms. The average Bonchev–Trinajstić information content (AvgIpc) is 2.58. The molecule has 25 heavy (non-hydrogen) atoms. The van der Waals surface area contributed by atoms with Gasteiger partial charge in [0.1, 0.15) is 0 Å². The molecule has 9 heteroatoms. The standard InChI is InChI=1S/C16H27N5O3S/c1-16(2,3)14(22)17-8-5-13-25(23,24)21-11-9-20(10-12-21)15-18-6-4-7-19-15/h4,6-7H,5,8-13H2,1-3H3,(H,17,22). The van der Waals surface area contributed by atoms with E-state index in [4.69, 9.17) is 0 Å². The minimum absolute atomic E-state index is 0.0409. The van der Waals surface area contributed by atoms with Gasteiger partial charge >= 0.3 is 0 Å². The second-order valence-corrected chi connectivity index (χ2v) is 9.20. The van der Waals surface area contributed by atoms with Crippen LogP contribution in [0.4, 0.5) is 5.95 Å². The Morgan fingerprint density at radius 3 is 2.32 bits per heavy atom. The monoisotopic (exact) mass is 369 g/mol. The molecule has 0 unspecified atom stereocenters. The van der Waals surface area contributed by atoms with Gasteiger partial charge < -0.3 is 10.2 Å². The largest absolute Gasteiger partial charge is 0.356 e. The number of aromatic nitrogens is 2. The first kappa shape index (κ1) is 19.6. The molecule has 1 aromatic rings. The summed E-state index contributed by atoms with van der Waals surface area (Å²) in [4.78, 5) is 22.1. The Labute approximate surface area is 149 Å². The molecule has 1 aliphatic heterocycles. The number of carbonyl (C=O) groups excluding carboxylic acids is 1. The molecule has 8 nitrogen and oxygen atoms in total. The number of sulfonamides is 1. The zero-order valence-corrected chi connectivity index (χ0v) is 15.9. The molecule has 1 fully saturated rings. The topological polar surface area (TPSA) is 95.5 Å². The molecule has 0 spiro atoms. The highest BCUT2D eigenvalue weighted by Gasteiger charge is 2.27. The molecular weight excluding hydrogens is 342 g/mol. The van der Waals surface area contributed by atoms with E-state index in [2.05, 4.69) is 15.3 Å². The first-order chi connectivity index (χ1) is 11.7. The number of nitrogens with zero attached hydrogens (tertiary/aromatic N) is 4. The molecule has 1 aliphatic rings. The average molecular weight is 369 g/mol. The van der Waals surface area contributed by atoms with Crippen molar-refractivity contribution in [3.63, 3.8) is 0 Å². The number of nitrogens with one attached hydrogen (secondary N) is 1. The number of hydrogen-bond acceptors (Lipinski definition) is 6. The van der Waals surface area contributed by atoms with Gasteiger partial charge in [0.25, 0.3) is 0 Å². The Morgan fingerprint density at radius 2 is 1.76 bits per heavy atom. The van der Waals surface area contributed by atoms with Crippen LogP contribution in [-0.2, 0) is 14.8 Å². The lowest BCUT2D eigenvalue weighted by Crippen LogP contribution is -2.50. The SMILES string of the molecule is CC(C)(C)C(=O)NCCCS(=O)(=O)N1CCN(c2ncccn2)CC1. The molecular formula is C16H27N5O3S. The normalized spacial score (nSPS) is 16.7. The van der Waals surface area contributed by atoms with Crippen LogP contribution in [-0.4, -0.2) is 67.1 Å². The van der Waals surface area contributed by atoms with Crippen LogP contribution < -0.4 is 10.2 Å². The number of anilines is 1. The summed E-state index contributed by atoms with van der Waals surface area (Å²) in [6.45, 7) is 7.85. The highest BCUT2D eigenvalue weighted by Crippen LogP contribution is 2.14. The lowest BCUT2D eigenvalue weighted by Gasteiger charge is -2.33. The van der Waals surface area contributed by atoms with Crippen LogP contribution in [0.25, 0.3) is 0 Å². The van der Waals surface area contributed by atoms with Gasteiger partial charge in [0.2, 0.25) is 21.9 Å². The summed E-state index contributed by atoms with van der Waals surface area (Å²) >= 11 is 0. The third-order valence-corrected chi connectivity index (χ3v) is 5.97. The Balaban J connectivity index is 1.77. The van der Waals surface area contributed by atoms with Gasteiger partial charge in [-0.1, -0.05) is 20.8 Å². The predicted octanol–water partition coefficient (Wildman–Crippen LogP) is 0.481. The van der Waals surface area contributed by atoms with Crippen molar-refractivity contribution < 1.29 is 13.2 Å². The van der Waals surface area contributed by atoms with Crippen molar-refractivity contribution in [2.24, 2.45) is 5.41 Å². The summed E-state index contributed by atoms with van der Waals surface area (Å²) in [5.74, 6) is 0.602. The lowest BCUT2D eigenvalue weighted by molar-refractivity contribution is -0.128. The highest BCUT2D eigenvalue weighted by molar-refractivity contribution is 7.89. The second-order valence-electron chi connectivity index (χ2n) is 7.11. The number of hydrogen-bond donors (Lipinski definition) is 1. The van der Waals surface area contributed by atoms with Crippen LogP contribution in [0.3, 0.4) is 0 Å². The predicted molar refractivity (Wildman–Crippen MR) is 96.7 cm³/mol. The Kier molecular flexibility index (Phi) is 6.34. The van der Waals surface area contributed by atoms with Crippen LogP contribution >= 0.6 is 0 Å². The van der Waals surface area contributed by atoms with E-state index in [0.717, 1.165) is 0 Å². The van der Waals surface area contributed by atoms with E-state index in [1.807, 2.05) is 25.7 Å². The van der Waals surface area contributed by atoms with Crippen LogP contribution in [0.1, 0.15) is 27.2 Å². The molecule has 2 heterocycles. The maximum Gasteiger partial charge on any atom is 0.225 e. The zero-order valence-electron chi connectivity index (χ0n) is 15.1. The summed E-state index contributed by atoms with van der Waals surface area (Å²) in [5, 5.41) is 2.78. The van der Waals surface area contributed by atoms with Gasteiger partial charge in [-0.3, -0.25) is 4.79 Å². The zero-order chi connectivity index (χ0) is 18.5. The van der Waals surface area contributed by atoms with E-state index in [1.54, 1.807) is 18.5 Å². The fourth-order valence-electron chi connectivity index (χ4n) is 2.47. The van der Waals surface area contributed by atoms with E-state index in [1.165, 1.54) is 4.31 Å². The molecule has 1 aromatic heterocycles. The maximum absolute atomic E-state index is 12.4. The minimum atomic E-state index is -3.31. The van der Waals surface area contributed by atoms with Gasteiger partial charge in [-0.25, -0.2) is 18.4 Å². The van der Waals surface area contributed by atoms with Gasteiger partial charge in [-0.15, -0.1) is 0 Å². The molecule has 0 radical (unpaired) electrons. The second kappa shape index (κ2) is 8.09. The number of piperazine rings is 1. The molecule has 1 amide bonds. The van der Waals surface area contributed by atoms with E-state index >= 15 is 0 Å². The number of amides is 1. The van der Waals surface area contributed by atoms with Gasteiger partial charge in [0.05, 0.1) is 5.75 Å². The van der Waals surface area contributed by atoms with Crippen LogP contribution in [0.5, 0.6) is 0 Å². The smallest absolute Gasteiger partial charge is 0.225 e. The fourth-order valence-corrected chi connectivity index (χ4v) is 3.96. The molecule has 0 atom stereocenters. The quantitative estimate of drug-likeness (QED) is 0.733. The van der Waals surface area contributed by atoms with Gasteiger partial charge in [0.15, 0.2) is 0 Å². The van der Waals surface area contributed by atoms with Crippen molar-refractivity contribution in [1.82, 2.24) is 19.6 Å². The Bertz CT molecular complexity index is 665. The van der Waals surface area contributed by atoms with Crippen molar-refractivity contribution >= 4 is 21.9 Å². The van der Waals surface area contributed by atoms with E-state index in [-0.39, 0.29) is 11.7 Å². The molecule has 2 rings (SSSR count). The summed E-state index contributed by atoms with van der Waals surface area (Å²) in [6, 6.07) is 1.75. The lowest BCUT2D eigenvalue weighted by atomic mass is 9.96. The van der Waals surface area contributed by atoms with Crippen LogP contribution in [0.15, 0.2) is 18.5 Å². The molecule has 1 saturated heterocycles. The van der Waals surface area contributed by atoms with Gasteiger partial charge in [-0.05, 0) is 12.5 Å². The summed E-state index contributed by atoms with van der Waals surface area (Å²) in [5.41, 5.74) is -0.464. The molecule has 0 aromatic carbocycles. The van der Waals surface area contributed by atoms with Crippen molar-refractivity contribution in [2.75, 3.05) is 43.4 Å². The maximum atomic E-state index is 12.4. The van der Waals surface area contributed by atoms with E-state index in [9.17, 15) is 13.2 Å².